The summed E-state index contributed by atoms with van der Waals surface area (Å²) in [5.74, 6) is 0. The molecule has 118 valence electrons. The van der Waals surface area contributed by atoms with Crippen molar-refractivity contribution in [2.75, 3.05) is 21.1 Å². The molecule has 0 saturated carbocycles. The average molecular weight is 340 g/mol. The Kier molecular flexibility index (Phi) is 6.80. The zero-order chi connectivity index (χ0) is 16.3. The first kappa shape index (κ1) is 20.7. The van der Waals surface area contributed by atoms with E-state index >= 15 is 0 Å². The summed E-state index contributed by atoms with van der Waals surface area (Å²) < 4.78 is 108. The van der Waals surface area contributed by atoms with Gasteiger partial charge in [0.05, 0.1) is 0 Å². The number of alkyl halides is 6. The number of rotatable bonds is 2. The molecule has 0 amide bonds. The van der Waals surface area contributed by atoms with Crippen LogP contribution in [0.3, 0.4) is 0 Å². The lowest BCUT2D eigenvalue weighted by Gasteiger charge is -2.11. The van der Waals surface area contributed by atoms with Crippen molar-refractivity contribution in [3.8, 4) is 0 Å². The van der Waals surface area contributed by atoms with Crippen LogP contribution in [0.1, 0.15) is 0 Å². The summed E-state index contributed by atoms with van der Waals surface area (Å²) in [6, 6.07) is 0. The van der Waals surface area contributed by atoms with Crippen LogP contribution >= 0.6 is 0 Å². The van der Waals surface area contributed by atoms with Crippen LogP contribution in [0.25, 0.3) is 0 Å². The van der Waals surface area contributed by atoms with Gasteiger partial charge in [0, 0.05) is 0 Å². The molecule has 19 heavy (non-hydrogen) atoms. The molecule has 1 N–H and O–H groups in total. The maximum absolute atomic E-state index is 11.5. The number of hydrogen-bond acceptors (Lipinski definition) is 5. The Morgan fingerprint density at radius 3 is 1.00 bits per heavy atom. The molecule has 0 aliphatic heterocycles. The van der Waals surface area contributed by atoms with Crippen LogP contribution in [0, 0.1) is 0 Å². The van der Waals surface area contributed by atoms with Gasteiger partial charge >= 0.3 is 31.1 Å². The number of nitrogens with zero attached hydrogens (tertiary/aromatic N) is 1. The summed E-state index contributed by atoms with van der Waals surface area (Å²) in [7, 11) is -7.19. The molecule has 0 rings (SSSR count). The molecule has 0 heterocycles. The zero-order valence-electron chi connectivity index (χ0n) is 9.66. The molecular weight excluding hydrogens is 330 g/mol. The standard InChI is InChI=1S/C3H9N.C2HF6NO4S2/c1-4(2)3;3-1(4,5)14(10,11)9-15(12,13)2(6,7)8/h1-3H3;9H. The summed E-state index contributed by atoms with van der Waals surface area (Å²) in [4.78, 5) is 2.00. The quantitative estimate of drug-likeness (QED) is 0.738. The topological polar surface area (TPSA) is 83.6 Å². The van der Waals surface area contributed by atoms with Crippen molar-refractivity contribution in [1.29, 1.82) is 0 Å². The van der Waals surface area contributed by atoms with Gasteiger partial charge < -0.3 is 4.90 Å². The Balaban J connectivity index is 0. The van der Waals surface area contributed by atoms with E-state index in [4.69, 9.17) is 0 Å². The highest BCUT2D eigenvalue weighted by atomic mass is 32.3. The first-order chi connectivity index (χ1) is 7.94. The van der Waals surface area contributed by atoms with Crippen LogP contribution in [-0.2, 0) is 20.0 Å². The van der Waals surface area contributed by atoms with Crippen LogP contribution in [0.15, 0.2) is 0 Å². The fraction of sp³-hybridized carbons (Fsp3) is 1.00. The highest BCUT2D eigenvalue weighted by molar-refractivity contribution is 8.05. The van der Waals surface area contributed by atoms with Gasteiger partial charge in [-0.2, -0.15) is 26.3 Å². The molecule has 0 radical (unpaired) electrons. The molecule has 0 atom stereocenters. The molecule has 0 spiro atoms. The number of nitrogens with one attached hydrogen (secondary N) is 1. The SMILES string of the molecule is CN(C)C.O=S(=O)(NS(=O)(=O)C(F)(F)F)C(F)(F)F. The van der Waals surface area contributed by atoms with Gasteiger partial charge in [-0.3, -0.25) is 0 Å². The van der Waals surface area contributed by atoms with E-state index in [0.717, 1.165) is 0 Å². The molecule has 0 fully saturated rings. The molecule has 0 aromatic heterocycles. The summed E-state index contributed by atoms with van der Waals surface area (Å²) >= 11 is 0. The second-order valence-corrected chi connectivity index (χ2v) is 6.93. The van der Waals surface area contributed by atoms with E-state index in [-0.39, 0.29) is 0 Å². The Hall–Kier alpha value is -0.600. The monoisotopic (exact) mass is 340 g/mol. The van der Waals surface area contributed by atoms with Crippen molar-refractivity contribution >= 4 is 20.0 Å². The Morgan fingerprint density at radius 1 is 0.737 bits per heavy atom. The lowest BCUT2D eigenvalue weighted by Crippen LogP contribution is -2.45. The Labute approximate surface area is 105 Å². The first-order valence-corrected chi connectivity index (χ1v) is 6.93. The van der Waals surface area contributed by atoms with E-state index in [1.165, 1.54) is 0 Å². The normalized spacial score (nSPS) is 14.0. The lowest BCUT2D eigenvalue weighted by molar-refractivity contribution is -0.0476. The van der Waals surface area contributed by atoms with Crippen LogP contribution in [0.5, 0.6) is 0 Å². The lowest BCUT2D eigenvalue weighted by atomic mass is 11.0. The van der Waals surface area contributed by atoms with Gasteiger partial charge in [-0.25, -0.2) is 16.8 Å². The molecule has 0 unspecified atom stereocenters. The molecule has 0 bridgehead atoms. The molecule has 0 aliphatic carbocycles. The third-order valence-corrected chi connectivity index (χ3v) is 3.80. The summed E-state index contributed by atoms with van der Waals surface area (Å²) in [6.45, 7) is 0. The molecule has 14 heteroatoms. The molecular formula is C5H10F6N2O4S2. The van der Waals surface area contributed by atoms with Crippen LogP contribution in [0.2, 0.25) is 0 Å². The van der Waals surface area contributed by atoms with Crippen molar-refractivity contribution in [2.45, 2.75) is 11.0 Å². The summed E-state index contributed by atoms with van der Waals surface area (Å²) in [6.07, 6.45) is 0. The van der Waals surface area contributed by atoms with Gasteiger partial charge in [0.2, 0.25) is 0 Å². The van der Waals surface area contributed by atoms with Crippen molar-refractivity contribution in [2.24, 2.45) is 0 Å². The second-order valence-electron chi connectivity index (χ2n) is 3.32. The third kappa shape index (κ3) is 7.54. The van der Waals surface area contributed by atoms with E-state index in [1.54, 1.807) is 0 Å². The highest BCUT2D eigenvalue weighted by Gasteiger charge is 2.55. The van der Waals surface area contributed by atoms with Crippen LogP contribution in [-0.4, -0.2) is 53.9 Å². The van der Waals surface area contributed by atoms with E-state index < -0.39 is 35.2 Å². The summed E-state index contributed by atoms with van der Waals surface area (Å²) in [5, 5.41) is 0. The van der Waals surface area contributed by atoms with Crippen LogP contribution in [0.4, 0.5) is 26.3 Å². The first-order valence-electron chi connectivity index (χ1n) is 3.96. The fourth-order valence-electron chi connectivity index (χ4n) is 0.239. The average Bonchev–Trinajstić information content (AvgIpc) is 1.94. The molecule has 6 nitrogen and oxygen atoms in total. The Bertz CT molecular complexity index is 432. The maximum Gasteiger partial charge on any atom is 0.512 e. The van der Waals surface area contributed by atoms with E-state index in [0.29, 0.717) is 0 Å². The minimum atomic E-state index is -6.60. The molecule has 0 saturated heterocycles. The van der Waals surface area contributed by atoms with E-state index in [9.17, 15) is 43.2 Å². The predicted molar refractivity (Wildman–Crippen MR) is 52.7 cm³/mol. The molecule has 0 aliphatic rings. The Morgan fingerprint density at radius 2 is 0.895 bits per heavy atom. The minimum Gasteiger partial charge on any atom is -0.312 e. The number of hydrogen-bond donors (Lipinski definition) is 1. The maximum atomic E-state index is 11.5. The minimum absolute atomic E-state index is 0.493. The molecule has 0 aromatic rings. The van der Waals surface area contributed by atoms with Gasteiger partial charge in [-0.05, 0) is 21.1 Å². The van der Waals surface area contributed by atoms with Crippen LogP contribution < -0.4 is 4.13 Å². The molecule has 0 aromatic carbocycles. The second kappa shape index (κ2) is 6.23. The predicted octanol–water partition coefficient (Wildman–Crippen LogP) is 0.453. The smallest absolute Gasteiger partial charge is 0.312 e. The summed E-state index contributed by atoms with van der Waals surface area (Å²) in [5.41, 5.74) is -12.3. The number of halogens is 6. The third-order valence-electron chi connectivity index (χ3n) is 0.829. The van der Waals surface area contributed by atoms with Gasteiger partial charge in [0.15, 0.2) is 0 Å². The van der Waals surface area contributed by atoms with Crippen molar-refractivity contribution in [3.05, 3.63) is 0 Å². The van der Waals surface area contributed by atoms with E-state index in [1.807, 2.05) is 26.0 Å². The van der Waals surface area contributed by atoms with Gasteiger partial charge in [-0.15, -0.1) is 0 Å². The number of sulfonamides is 2. The van der Waals surface area contributed by atoms with E-state index in [2.05, 4.69) is 0 Å². The van der Waals surface area contributed by atoms with Gasteiger partial charge in [0.1, 0.15) is 0 Å². The van der Waals surface area contributed by atoms with Crippen molar-refractivity contribution in [3.63, 3.8) is 0 Å². The van der Waals surface area contributed by atoms with Crippen molar-refractivity contribution < 1.29 is 43.2 Å². The largest absolute Gasteiger partial charge is 0.512 e. The highest BCUT2D eigenvalue weighted by Crippen LogP contribution is 2.27. The fourth-order valence-corrected chi connectivity index (χ4v) is 2.15. The van der Waals surface area contributed by atoms with Crippen molar-refractivity contribution in [1.82, 2.24) is 9.03 Å². The van der Waals surface area contributed by atoms with Gasteiger partial charge in [0.25, 0.3) is 0 Å². The zero-order valence-corrected chi connectivity index (χ0v) is 11.3. The van der Waals surface area contributed by atoms with Gasteiger partial charge in [-0.1, -0.05) is 4.13 Å².